The van der Waals surface area contributed by atoms with Gasteiger partial charge < -0.3 is 5.73 Å². The van der Waals surface area contributed by atoms with E-state index in [9.17, 15) is 4.79 Å². The molecule has 4 heteroatoms. The summed E-state index contributed by atoms with van der Waals surface area (Å²) in [4.78, 5) is 15.2. The minimum Gasteiger partial charge on any atom is -0.366 e. The average Bonchev–Trinajstić information content (AvgIpc) is 2.17. The van der Waals surface area contributed by atoms with Crippen LogP contribution < -0.4 is 5.73 Å². The molecule has 2 N–H and O–H groups in total. The van der Waals surface area contributed by atoms with Crippen LogP contribution in [0.4, 0.5) is 0 Å². The van der Waals surface area contributed by atoms with Crippen LogP contribution in [-0.2, 0) is 0 Å². The fourth-order valence-electron chi connectivity index (χ4n) is 1.37. The maximum atomic E-state index is 11.1. The van der Waals surface area contributed by atoms with E-state index >= 15 is 0 Å². The molecule has 2 rings (SSSR count). The summed E-state index contributed by atoms with van der Waals surface area (Å²) in [7, 11) is 0. The Morgan fingerprint density at radius 2 is 2.14 bits per heavy atom. The lowest BCUT2D eigenvalue weighted by molar-refractivity contribution is 0.100. The summed E-state index contributed by atoms with van der Waals surface area (Å²) in [6.07, 6.45) is 1.59. The number of aromatic nitrogens is 1. The highest BCUT2D eigenvalue weighted by atomic mass is 35.5. The minimum atomic E-state index is -0.495. The van der Waals surface area contributed by atoms with Crippen LogP contribution in [0.5, 0.6) is 0 Å². The fourth-order valence-corrected chi connectivity index (χ4v) is 1.63. The van der Waals surface area contributed by atoms with E-state index in [2.05, 4.69) is 4.98 Å². The predicted molar refractivity (Wildman–Crippen MR) is 55.3 cm³/mol. The van der Waals surface area contributed by atoms with E-state index in [1.54, 1.807) is 30.5 Å². The van der Waals surface area contributed by atoms with Gasteiger partial charge in [-0.2, -0.15) is 0 Å². The number of halogens is 1. The smallest absolute Gasteiger partial charge is 0.249 e. The number of fused-ring (bicyclic) bond motifs is 1. The highest BCUT2D eigenvalue weighted by Crippen LogP contribution is 2.24. The lowest BCUT2D eigenvalue weighted by Gasteiger charge is -2.03. The minimum absolute atomic E-state index is 0.403. The Balaban J connectivity index is 2.91. The normalized spacial score (nSPS) is 10.4. The third kappa shape index (κ3) is 1.32. The number of pyridine rings is 1. The molecule has 1 amide bonds. The summed E-state index contributed by atoms with van der Waals surface area (Å²) in [5, 5.41) is 1.11. The standard InChI is InChI=1S/C10H7ClN2O/c11-7-4-5-13-8-3-1-2-6(9(7)8)10(12)14/h1-5H,(H2,12,14). The molecule has 1 aromatic heterocycles. The first-order valence-electron chi connectivity index (χ1n) is 4.03. The second-order valence-electron chi connectivity index (χ2n) is 2.86. The van der Waals surface area contributed by atoms with Crippen LogP contribution in [0.2, 0.25) is 5.02 Å². The number of hydrogen-bond acceptors (Lipinski definition) is 2. The molecule has 0 unspecified atom stereocenters. The molecule has 0 bridgehead atoms. The number of amides is 1. The van der Waals surface area contributed by atoms with E-state index in [0.29, 0.717) is 21.5 Å². The second-order valence-corrected chi connectivity index (χ2v) is 3.26. The number of nitrogens with zero attached hydrogens (tertiary/aromatic N) is 1. The zero-order chi connectivity index (χ0) is 10.1. The van der Waals surface area contributed by atoms with Gasteiger partial charge in [-0.25, -0.2) is 0 Å². The van der Waals surface area contributed by atoms with Gasteiger partial charge in [0.1, 0.15) is 0 Å². The van der Waals surface area contributed by atoms with Gasteiger partial charge in [0.15, 0.2) is 0 Å². The Hall–Kier alpha value is -1.61. The van der Waals surface area contributed by atoms with Crippen molar-refractivity contribution < 1.29 is 4.79 Å². The molecule has 0 radical (unpaired) electrons. The average molecular weight is 207 g/mol. The molecular formula is C10H7ClN2O. The molecule has 0 saturated carbocycles. The van der Waals surface area contributed by atoms with Crippen molar-refractivity contribution >= 4 is 28.4 Å². The Kier molecular flexibility index (Phi) is 2.09. The quantitative estimate of drug-likeness (QED) is 0.776. The van der Waals surface area contributed by atoms with Gasteiger partial charge in [-0.1, -0.05) is 17.7 Å². The lowest BCUT2D eigenvalue weighted by atomic mass is 10.1. The van der Waals surface area contributed by atoms with E-state index in [-0.39, 0.29) is 0 Å². The molecule has 0 aliphatic rings. The zero-order valence-electron chi connectivity index (χ0n) is 7.20. The second kappa shape index (κ2) is 3.27. The van der Waals surface area contributed by atoms with E-state index in [4.69, 9.17) is 17.3 Å². The first-order valence-corrected chi connectivity index (χ1v) is 4.41. The maximum absolute atomic E-state index is 11.1. The zero-order valence-corrected chi connectivity index (χ0v) is 7.95. The molecule has 0 aliphatic heterocycles. The number of rotatable bonds is 1. The van der Waals surface area contributed by atoms with Crippen molar-refractivity contribution in [1.82, 2.24) is 4.98 Å². The third-order valence-corrected chi connectivity index (χ3v) is 2.30. The van der Waals surface area contributed by atoms with Gasteiger partial charge in [0.25, 0.3) is 0 Å². The van der Waals surface area contributed by atoms with Crippen LogP contribution in [0, 0.1) is 0 Å². The van der Waals surface area contributed by atoms with Crippen LogP contribution in [0.25, 0.3) is 10.9 Å². The summed E-state index contributed by atoms with van der Waals surface area (Å²) in [6.45, 7) is 0. The molecule has 0 atom stereocenters. The van der Waals surface area contributed by atoms with E-state index < -0.39 is 5.91 Å². The van der Waals surface area contributed by atoms with Gasteiger partial charge in [0.05, 0.1) is 10.5 Å². The Morgan fingerprint density at radius 1 is 1.36 bits per heavy atom. The Morgan fingerprint density at radius 3 is 2.86 bits per heavy atom. The van der Waals surface area contributed by atoms with Gasteiger partial charge in [0, 0.05) is 17.1 Å². The SMILES string of the molecule is NC(=O)c1cccc2nccc(Cl)c12. The van der Waals surface area contributed by atoms with Crippen LogP contribution in [0.15, 0.2) is 30.5 Å². The summed E-state index contributed by atoms with van der Waals surface area (Å²) in [5.41, 5.74) is 6.30. The highest BCUT2D eigenvalue weighted by Gasteiger charge is 2.09. The molecular weight excluding hydrogens is 200 g/mol. The van der Waals surface area contributed by atoms with Crippen molar-refractivity contribution in [1.29, 1.82) is 0 Å². The summed E-state index contributed by atoms with van der Waals surface area (Å²) in [6, 6.07) is 6.79. The van der Waals surface area contributed by atoms with Gasteiger partial charge in [0.2, 0.25) is 5.91 Å². The Bertz CT molecular complexity index is 505. The third-order valence-electron chi connectivity index (χ3n) is 1.98. The number of carbonyl (C=O) groups excluding carboxylic acids is 1. The first kappa shape index (κ1) is 8.97. The lowest BCUT2D eigenvalue weighted by Crippen LogP contribution is -2.11. The van der Waals surface area contributed by atoms with Crippen molar-refractivity contribution in [2.75, 3.05) is 0 Å². The number of primary amides is 1. The van der Waals surface area contributed by atoms with Crippen molar-refractivity contribution in [2.45, 2.75) is 0 Å². The molecule has 3 nitrogen and oxygen atoms in total. The van der Waals surface area contributed by atoms with E-state index in [1.165, 1.54) is 0 Å². The molecule has 0 fully saturated rings. The topological polar surface area (TPSA) is 56.0 Å². The molecule has 70 valence electrons. The van der Waals surface area contributed by atoms with Crippen molar-refractivity contribution in [2.24, 2.45) is 5.73 Å². The van der Waals surface area contributed by atoms with Crippen molar-refractivity contribution in [3.8, 4) is 0 Å². The number of benzene rings is 1. The van der Waals surface area contributed by atoms with Crippen LogP contribution in [-0.4, -0.2) is 10.9 Å². The number of carbonyl (C=O) groups is 1. The number of nitrogens with two attached hydrogens (primary N) is 1. The molecule has 2 aromatic rings. The Labute approximate surface area is 85.5 Å². The summed E-state index contributed by atoms with van der Waals surface area (Å²) in [5.74, 6) is -0.495. The maximum Gasteiger partial charge on any atom is 0.249 e. The van der Waals surface area contributed by atoms with E-state index in [0.717, 1.165) is 0 Å². The highest BCUT2D eigenvalue weighted by molar-refractivity contribution is 6.36. The monoisotopic (exact) mass is 206 g/mol. The van der Waals surface area contributed by atoms with Gasteiger partial charge in [-0.05, 0) is 18.2 Å². The first-order chi connectivity index (χ1) is 6.70. The van der Waals surface area contributed by atoms with Crippen molar-refractivity contribution in [3.63, 3.8) is 0 Å². The van der Waals surface area contributed by atoms with Crippen LogP contribution in [0.1, 0.15) is 10.4 Å². The molecule has 14 heavy (non-hydrogen) atoms. The van der Waals surface area contributed by atoms with Gasteiger partial charge in [-0.15, -0.1) is 0 Å². The molecule has 0 saturated heterocycles. The number of hydrogen-bond donors (Lipinski definition) is 1. The van der Waals surface area contributed by atoms with Crippen LogP contribution >= 0.6 is 11.6 Å². The van der Waals surface area contributed by atoms with Gasteiger partial charge >= 0.3 is 0 Å². The van der Waals surface area contributed by atoms with Crippen LogP contribution in [0.3, 0.4) is 0 Å². The molecule has 0 spiro atoms. The largest absolute Gasteiger partial charge is 0.366 e. The molecule has 1 heterocycles. The summed E-state index contributed by atoms with van der Waals surface area (Å²) >= 11 is 5.96. The predicted octanol–water partition coefficient (Wildman–Crippen LogP) is 1.99. The van der Waals surface area contributed by atoms with Gasteiger partial charge in [-0.3, -0.25) is 9.78 Å². The molecule has 0 aliphatic carbocycles. The van der Waals surface area contributed by atoms with Crippen molar-refractivity contribution in [3.05, 3.63) is 41.0 Å². The summed E-state index contributed by atoms with van der Waals surface area (Å²) < 4.78 is 0. The van der Waals surface area contributed by atoms with E-state index in [1.807, 2.05) is 0 Å². The fraction of sp³-hybridized carbons (Fsp3) is 0. The molecule has 1 aromatic carbocycles.